The molecule has 12 heavy (non-hydrogen) atoms. The van der Waals surface area contributed by atoms with Gasteiger partial charge < -0.3 is 0 Å². The Morgan fingerprint density at radius 3 is 2.33 bits per heavy atom. The molecule has 0 aromatic carbocycles. The monoisotopic (exact) mass is 397 g/mol. The molecule has 0 aliphatic carbocycles. The predicted octanol–water partition coefficient (Wildman–Crippen LogP) is 3.41. The first-order valence-corrected chi connectivity index (χ1v) is 6.28. The molecule has 0 radical (unpaired) electrons. The van der Waals surface area contributed by atoms with Crippen LogP contribution >= 0.6 is 45.2 Å². The third-order valence-corrected chi connectivity index (χ3v) is 2.95. The summed E-state index contributed by atoms with van der Waals surface area (Å²) in [6.07, 6.45) is 2.66. The van der Waals surface area contributed by atoms with Crippen molar-refractivity contribution in [2.24, 2.45) is 0 Å². The lowest BCUT2D eigenvalue weighted by Crippen LogP contribution is -2.30. The number of halogens is 2. The molecule has 0 rings (SSSR count). The van der Waals surface area contributed by atoms with Gasteiger partial charge in [0.2, 0.25) is 5.54 Å². The van der Waals surface area contributed by atoms with Crippen LogP contribution in [0.25, 0.3) is 0 Å². The van der Waals surface area contributed by atoms with Crippen molar-refractivity contribution >= 4 is 45.2 Å². The summed E-state index contributed by atoms with van der Waals surface area (Å²) in [7, 11) is 0. The SMILES string of the molecule is CC(C)(CCCC(I)I)[N+](=O)[O-]. The summed E-state index contributed by atoms with van der Waals surface area (Å²) in [6.45, 7) is 3.37. The summed E-state index contributed by atoms with van der Waals surface area (Å²) in [5.41, 5.74) is -0.748. The van der Waals surface area contributed by atoms with E-state index >= 15 is 0 Å². The van der Waals surface area contributed by atoms with E-state index in [0.29, 0.717) is 8.35 Å². The molecule has 0 spiro atoms. The summed E-state index contributed by atoms with van der Waals surface area (Å²) >= 11 is 4.66. The van der Waals surface area contributed by atoms with Gasteiger partial charge in [0.15, 0.2) is 0 Å². The predicted molar refractivity (Wildman–Crippen MR) is 66.8 cm³/mol. The maximum Gasteiger partial charge on any atom is 0.216 e. The Kier molecular flexibility index (Phi) is 5.96. The maximum absolute atomic E-state index is 10.5. The summed E-state index contributed by atoms with van der Waals surface area (Å²) in [5.74, 6) is 0. The van der Waals surface area contributed by atoms with E-state index in [-0.39, 0.29) is 4.92 Å². The van der Waals surface area contributed by atoms with E-state index in [1.807, 2.05) is 0 Å². The number of rotatable bonds is 5. The van der Waals surface area contributed by atoms with Gasteiger partial charge in [-0.3, -0.25) is 10.1 Å². The van der Waals surface area contributed by atoms with Crippen LogP contribution in [0.2, 0.25) is 0 Å². The van der Waals surface area contributed by atoms with Crippen molar-refractivity contribution in [2.45, 2.75) is 40.6 Å². The number of hydrogen-bond donors (Lipinski definition) is 0. The molecule has 0 aliphatic heterocycles. The normalized spacial score (nSPS) is 12.1. The summed E-state index contributed by atoms with van der Waals surface area (Å²) in [6, 6.07) is 0. The Morgan fingerprint density at radius 1 is 1.50 bits per heavy atom. The topological polar surface area (TPSA) is 43.1 Å². The Labute approximate surface area is 100 Å². The molecule has 0 saturated carbocycles. The van der Waals surface area contributed by atoms with Crippen LogP contribution in [0.15, 0.2) is 0 Å². The van der Waals surface area contributed by atoms with Gasteiger partial charge in [0.1, 0.15) is 0 Å². The third kappa shape index (κ3) is 5.50. The van der Waals surface area contributed by atoms with Crippen LogP contribution in [0.4, 0.5) is 0 Å². The lowest BCUT2D eigenvalue weighted by Gasteiger charge is -2.14. The first-order chi connectivity index (χ1) is 5.36. The molecule has 0 heterocycles. The minimum Gasteiger partial charge on any atom is -0.264 e. The van der Waals surface area contributed by atoms with E-state index in [0.717, 1.165) is 12.8 Å². The van der Waals surface area contributed by atoms with Crippen molar-refractivity contribution in [3.8, 4) is 0 Å². The van der Waals surface area contributed by atoms with Gasteiger partial charge in [-0.05, 0) is 12.8 Å². The number of nitrogens with zero attached hydrogens (tertiary/aromatic N) is 1. The second kappa shape index (κ2) is 5.56. The lowest BCUT2D eigenvalue weighted by molar-refractivity contribution is -0.561. The molecule has 0 fully saturated rings. The average molecular weight is 397 g/mol. The van der Waals surface area contributed by atoms with Crippen LogP contribution in [0.1, 0.15) is 33.1 Å². The van der Waals surface area contributed by atoms with Gasteiger partial charge in [-0.2, -0.15) is 0 Å². The summed E-state index contributed by atoms with van der Waals surface area (Å²) in [5, 5.41) is 10.5. The van der Waals surface area contributed by atoms with E-state index in [9.17, 15) is 10.1 Å². The van der Waals surface area contributed by atoms with Crippen LogP contribution < -0.4 is 0 Å². The van der Waals surface area contributed by atoms with E-state index in [4.69, 9.17) is 0 Å². The Morgan fingerprint density at radius 2 is 2.00 bits per heavy atom. The second-order valence-electron chi connectivity index (χ2n) is 3.35. The van der Waals surface area contributed by atoms with Gasteiger partial charge in [-0.25, -0.2) is 0 Å². The van der Waals surface area contributed by atoms with Crippen molar-refractivity contribution in [1.82, 2.24) is 0 Å². The van der Waals surface area contributed by atoms with Gasteiger partial charge >= 0.3 is 0 Å². The first kappa shape index (κ1) is 12.9. The highest BCUT2D eigenvalue weighted by molar-refractivity contribution is 14.2. The Hall–Kier alpha value is 0.860. The Bertz CT molecular complexity index is 159. The second-order valence-corrected chi connectivity index (χ2v) is 8.74. The molecule has 3 nitrogen and oxygen atoms in total. The fourth-order valence-corrected chi connectivity index (χ4v) is 1.66. The molecule has 0 aromatic rings. The quantitative estimate of drug-likeness (QED) is 0.309. The van der Waals surface area contributed by atoms with E-state index < -0.39 is 5.54 Å². The van der Waals surface area contributed by atoms with Crippen molar-refractivity contribution < 1.29 is 4.92 Å². The highest BCUT2D eigenvalue weighted by atomic mass is 127. The van der Waals surface area contributed by atoms with Crippen molar-refractivity contribution in [1.29, 1.82) is 0 Å². The van der Waals surface area contributed by atoms with Gasteiger partial charge in [0.25, 0.3) is 0 Å². The molecule has 0 bridgehead atoms. The molecular weight excluding hydrogens is 384 g/mol. The third-order valence-electron chi connectivity index (χ3n) is 1.71. The molecule has 0 aliphatic rings. The van der Waals surface area contributed by atoms with Crippen molar-refractivity contribution in [3.05, 3.63) is 10.1 Å². The van der Waals surface area contributed by atoms with Crippen LogP contribution in [0.3, 0.4) is 0 Å². The highest BCUT2D eigenvalue weighted by Gasteiger charge is 2.29. The zero-order valence-electron chi connectivity index (χ0n) is 7.22. The largest absolute Gasteiger partial charge is 0.264 e. The maximum atomic E-state index is 10.5. The molecule has 0 atom stereocenters. The smallest absolute Gasteiger partial charge is 0.216 e. The van der Waals surface area contributed by atoms with Gasteiger partial charge in [0, 0.05) is 25.2 Å². The zero-order valence-corrected chi connectivity index (χ0v) is 11.5. The number of nitro groups is 1. The molecule has 0 aromatic heterocycles. The van der Waals surface area contributed by atoms with Gasteiger partial charge in [-0.1, -0.05) is 45.2 Å². The average Bonchev–Trinajstić information content (AvgIpc) is 1.85. The van der Waals surface area contributed by atoms with Crippen molar-refractivity contribution in [2.75, 3.05) is 0 Å². The fourth-order valence-electron chi connectivity index (χ4n) is 0.780. The van der Waals surface area contributed by atoms with Crippen LogP contribution in [-0.2, 0) is 0 Å². The summed E-state index contributed by atoms with van der Waals surface area (Å²) in [4.78, 5) is 10.3. The van der Waals surface area contributed by atoms with Crippen LogP contribution in [-0.4, -0.2) is 12.4 Å². The van der Waals surface area contributed by atoms with E-state index in [2.05, 4.69) is 45.2 Å². The lowest BCUT2D eigenvalue weighted by atomic mass is 9.99. The van der Waals surface area contributed by atoms with Crippen LogP contribution in [0.5, 0.6) is 0 Å². The van der Waals surface area contributed by atoms with E-state index in [1.165, 1.54) is 0 Å². The number of alkyl halides is 2. The molecule has 0 saturated heterocycles. The summed E-state index contributed by atoms with van der Waals surface area (Å²) < 4.78 is 0.586. The van der Waals surface area contributed by atoms with Crippen molar-refractivity contribution in [3.63, 3.8) is 0 Å². The minimum absolute atomic E-state index is 0.192. The molecule has 0 unspecified atom stereocenters. The van der Waals surface area contributed by atoms with Gasteiger partial charge in [-0.15, -0.1) is 0 Å². The highest BCUT2D eigenvalue weighted by Crippen LogP contribution is 2.22. The number of hydrogen-bond acceptors (Lipinski definition) is 2. The first-order valence-electron chi connectivity index (χ1n) is 3.79. The van der Waals surface area contributed by atoms with Gasteiger partial charge in [0.05, 0.1) is 1.93 Å². The zero-order chi connectivity index (χ0) is 9.78. The van der Waals surface area contributed by atoms with E-state index in [1.54, 1.807) is 13.8 Å². The molecule has 0 N–H and O–H groups in total. The fraction of sp³-hybridized carbons (Fsp3) is 1.00. The standard InChI is InChI=1S/C7H13I2NO2/c1-7(2,10(11)12)5-3-4-6(8)9/h6H,3-5H2,1-2H3. The minimum atomic E-state index is -0.748. The van der Waals surface area contributed by atoms with Crippen LogP contribution in [0, 0.1) is 10.1 Å². The molecule has 72 valence electrons. The Balaban J connectivity index is 3.69. The molecular formula is C7H13I2NO2. The molecule has 5 heteroatoms. The molecule has 0 amide bonds.